The van der Waals surface area contributed by atoms with Crippen molar-refractivity contribution in [1.29, 1.82) is 0 Å². The maximum atomic E-state index is 12.5. The summed E-state index contributed by atoms with van der Waals surface area (Å²) in [4.78, 5) is 19.0. The van der Waals surface area contributed by atoms with Crippen molar-refractivity contribution in [2.75, 3.05) is 5.32 Å². The summed E-state index contributed by atoms with van der Waals surface area (Å²) in [6.45, 7) is 0. The van der Waals surface area contributed by atoms with Crippen LogP contribution in [-0.2, 0) is 6.18 Å². The van der Waals surface area contributed by atoms with Gasteiger partial charge in [0.25, 0.3) is 5.91 Å². The van der Waals surface area contributed by atoms with E-state index in [0.717, 1.165) is 35.5 Å². The molecular weight excluding hydrogens is 319 g/mol. The molecule has 0 saturated heterocycles. The summed E-state index contributed by atoms with van der Waals surface area (Å²) in [5, 5.41) is 2.66. The highest BCUT2D eigenvalue weighted by Gasteiger charge is 2.30. The zero-order valence-corrected chi connectivity index (χ0v) is 12.3. The molecule has 3 aromatic rings. The second-order valence-corrected chi connectivity index (χ2v) is 5.08. The predicted molar refractivity (Wildman–Crippen MR) is 83.4 cm³/mol. The van der Waals surface area contributed by atoms with Crippen LogP contribution in [0.25, 0.3) is 11.3 Å². The standard InChI is InChI=1S/C17H12F3N3O/c18-17(19,20)13-6-4-11(5-7-13)16(24)23-14-3-1-2-12(8-14)15-9-21-10-22-15/h1-10H,(H,21,22)(H,23,24). The molecule has 122 valence electrons. The van der Waals surface area contributed by atoms with Crippen molar-refractivity contribution in [2.45, 2.75) is 6.18 Å². The van der Waals surface area contributed by atoms with Crippen molar-refractivity contribution in [2.24, 2.45) is 0 Å². The van der Waals surface area contributed by atoms with Gasteiger partial charge in [0, 0.05) is 16.8 Å². The number of rotatable bonds is 3. The molecule has 4 nitrogen and oxygen atoms in total. The summed E-state index contributed by atoms with van der Waals surface area (Å²) in [5.74, 6) is -0.481. The van der Waals surface area contributed by atoms with E-state index >= 15 is 0 Å². The topological polar surface area (TPSA) is 57.8 Å². The Balaban J connectivity index is 1.76. The summed E-state index contributed by atoms with van der Waals surface area (Å²) < 4.78 is 37.6. The number of nitrogens with zero attached hydrogens (tertiary/aromatic N) is 1. The van der Waals surface area contributed by atoms with Crippen LogP contribution in [0.15, 0.2) is 61.1 Å². The van der Waals surface area contributed by atoms with Gasteiger partial charge in [-0.05, 0) is 36.4 Å². The Morgan fingerprint density at radius 2 is 1.83 bits per heavy atom. The van der Waals surface area contributed by atoms with Crippen LogP contribution in [0.3, 0.4) is 0 Å². The number of benzene rings is 2. The first-order valence-corrected chi connectivity index (χ1v) is 7.01. The lowest BCUT2D eigenvalue weighted by molar-refractivity contribution is -0.137. The average Bonchev–Trinajstić information content (AvgIpc) is 3.09. The number of carbonyl (C=O) groups is 1. The molecule has 1 aromatic heterocycles. The summed E-state index contributed by atoms with van der Waals surface area (Å²) in [7, 11) is 0. The molecular formula is C17H12F3N3O. The van der Waals surface area contributed by atoms with Crippen LogP contribution in [-0.4, -0.2) is 15.9 Å². The van der Waals surface area contributed by atoms with E-state index in [4.69, 9.17) is 0 Å². The Morgan fingerprint density at radius 1 is 1.08 bits per heavy atom. The molecule has 0 aliphatic carbocycles. The first-order valence-electron chi connectivity index (χ1n) is 7.01. The maximum absolute atomic E-state index is 12.5. The molecule has 0 bridgehead atoms. The van der Waals surface area contributed by atoms with Gasteiger partial charge in [-0.1, -0.05) is 12.1 Å². The average molecular weight is 331 g/mol. The minimum atomic E-state index is -4.42. The van der Waals surface area contributed by atoms with Gasteiger partial charge in [-0.2, -0.15) is 13.2 Å². The summed E-state index contributed by atoms with van der Waals surface area (Å²) in [5.41, 5.74) is 1.51. The van der Waals surface area contributed by atoms with Gasteiger partial charge in [-0.25, -0.2) is 4.98 Å². The highest BCUT2D eigenvalue weighted by molar-refractivity contribution is 6.04. The number of hydrogen-bond acceptors (Lipinski definition) is 2. The summed E-state index contributed by atoms with van der Waals surface area (Å²) >= 11 is 0. The van der Waals surface area contributed by atoms with E-state index in [0.29, 0.717) is 5.69 Å². The Hall–Kier alpha value is -3.09. The Bertz CT molecular complexity index is 840. The Kier molecular flexibility index (Phi) is 4.07. The lowest BCUT2D eigenvalue weighted by Crippen LogP contribution is -2.12. The van der Waals surface area contributed by atoms with Crippen LogP contribution in [0.5, 0.6) is 0 Å². The number of alkyl halides is 3. The van der Waals surface area contributed by atoms with E-state index in [1.54, 1.807) is 30.7 Å². The van der Waals surface area contributed by atoms with Crippen LogP contribution in [0.1, 0.15) is 15.9 Å². The number of hydrogen-bond donors (Lipinski definition) is 2. The van der Waals surface area contributed by atoms with Gasteiger partial charge in [-0.3, -0.25) is 4.79 Å². The number of imidazole rings is 1. The Labute approximate surface area is 135 Å². The second-order valence-electron chi connectivity index (χ2n) is 5.08. The van der Waals surface area contributed by atoms with E-state index in [9.17, 15) is 18.0 Å². The molecule has 0 fully saturated rings. The number of amides is 1. The van der Waals surface area contributed by atoms with E-state index < -0.39 is 17.6 Å². The van der Waals surface area contributed by atoms with Crippen LogP contribution in [0.2, 0.25) is 0 Å². The first kappa shape index (κ1) is 15.8. The van der Waals surface area contributed by atoms with Crippen LogP contribution in [0.4, 0.5) is 18.9 Å². The third kappa shape index (κ3) is 3.45. The minimum absolute atomic E-state index is 0.148. The number of aromatic amines is 1. The minimum Gasteiger partial charge on any atom is -0.345 e. The third-order valence-corrected chi connectivity index (χ3v) is 3.40. The highest BCUT2D eigenvalue weighted by atomic mass is 19.4. The van der Waals surface area contributed by atoms with Gasteiger partial charge < -0.3 is 10.3 Å². The molecule has 0 radical (unpaired) electrons. The van der Waals surface area contributed by atoms with Crippen molar-refractivity contribution >= 4 is 11.6 Å². The Morgan fingerprint density at radius 3 is 2.46 bits per heavy atom. The fourth-order valence-electron chi connectivity index (χ4n) is 2.19. The van der Waals surface area contributed by atoms with Crippen molar-refractivity contribution < 1.29 is 18.0 Å². The van der Waals surface area contributed by atoms with Crippen molar-refractivity contribution in [3.63, 3.8) is 0 Å². The second kappa shape index (κ2) is 6.19. The van der Waals surface area contributed by atoms with Gasteiger partial charge in [0.1, 0.15) is 0 Å². The number of nitrogens with one attached hydrogen (secondary N) is 2. The van der Waals surface area contributed by atoms with Gasteiger partial charge in [0.2, 0.25) is 0 Å². The number of anilines is 1. The zero-order valence-electron chi connectivity index (χ0n) is 12.3. The van der Waals surface area contributed by atoms with Crippen molar-refractivity contribution in [1.82, 2.24) is 9.97 Å². The number of H-pyrrole nitrogens is 1. The smallest absolute Gasteiger partial charge is 0.345 e. The fraction of sp³-hybridized carbons (Fsp3) is 0.0588. The van der Waals surface area contributed by atoms with Crippen molar-refractivity contribution in [3.05, 3.63) is 72.2 Å². The van der Waals surface area contributed by atoms with Gasteiger partial charge in [0.15, 0.2) is 0 Å². The predicted octanol–water partition coefficient (Wildman–Crippen LogP) is 4.35. The van der Waals surface area contributed by atoms with E-state index in [-0.39, 0.29) is 5.56 Å². The number of carbonyl (C=O) groups excluding carboxylic acids is 1. The van der Waals surface area contributed by atoms with Crippen LogP contribution in [0, 0.1) is 0 Å². The molecule has 1 heterocycles. The summed E-state index contributed by atoms with van der Waals surface area (Å²) in [6, 6.07) is 11.1. The van der Waals surface area contributed by atoms with Crippen LogP contribution < -0.4 is 5.32 Å². The van der Waals surface area contributed by atoms with Gasteiger partial charge >= 0.3 is 6.18 Å². The molecule has 0 saturated carbocycles. The van der Waals surface area contributed by atoms with Crippen LogP contribution >= 0.6 is 0 Å². The lowest BCUT2D eigenvalue weighted by Gasteiger charge is -2.09. The highest BCUT2D eigenvalue weighted by Crippen LogP contribution is 2.29. The monoisotopic (exact) mass is 331 g/mol. The van der Waals surface area contributed by atoms with E-state index in [1.165, 1.54) is 0 Å². The van der Waals surface area contributed by atoms with Gasteiger partial charge in [0.05, 0.1) is 23.8 Å². The third-order valence-electron chi connectivity index (χ3n) is 3.40. The first-order chi connectivity index (χ1) is 11.4. The SMILES string of the molecule is O=C(Nc1cccc(-c2cnc[nH]2)c1)c1ccc(C(F)(F)F)cc1. The lowest BCUT2D eigenvalue weighted by atomic mass is 10.1. The van der Waals surface area contributed by atoms with E-state index in [1.807, 2.05) is 6.07 Å². The molecule has 7 heteroatoms. The number of aromatic nitrogens is 2. The summed E-state index contributed by atoms with van der Waals surface area (Å²) in [6.07, 6.45) is -1.23. The molecule has 0 spiro atoms. The van der Waals surface area contributed by atoms with Crippen molar-refractivity contribution in [3.8, 4) is 11.3 Å². The van der Waals surface area contributed by atoms with E-state index in [2.05, 4.69) is 15.3 Å². The molecule has 2 N–H and O–H groups in total. The largest absolute Gasteiger partial charge is 0.416 e. The van der Waals surface area contributed by atoms with Gasteiger partial charge in [-0.15, -0.1) is 0 Å². The number of halogens is 3. The molecule has 0 unspecified atom stereocenters. The zero-order chi connectivity index (χ0) is 17.2. The molecule has 0 aliphatic heterocycles. The normalized spacial score (nSPS) is 11.3. The molecule has 0 aliphatic rings. The molecule has 2 aromatic carbocycles. The molecule has 0 atom stereocenters. The maximum Gasteiger partial charge on any atom is 0.416 e. The fourth-order valence-corrected chi connectivity index (χ4v) is 2.19. The molecule has 24 heavy (non-hydrogen) atoms. The molecule has 3 rings (SSSR count). The molecule has 1 amide bonds. The quantitative estimate of drug-likeness (QED) is 0.750.